The second-order valence-corrected chi connectivity index (χ2v) is 3.93. The zero-order chi connectivity index (χ0) is 10.3. The van der Waals surface area contributed by atoms with Crippen LogP contribution in [0, 0.1) is 6.92 Å². The van der Waals surface area contributed by atoms with E-state index in [1.807, 2.05) is 25.1 Å². The van der Waals surface area contributed by atoms with Gasteiger partial charge in [0.05, 0.1) is 5.52 Å². The van der Waals surface area contributed by atoms with Gasteiger partial charge in [-0.1, -0.05) is 0 Å². The van der Waals surface area contributed by atoms with Gasteiger partial charge in [-0.25, -0.2) is 0 Å². The number of aryl methyl sites for hydroxylation is 1. The first-order chi connectivity index (χ1) is 7.33. The number of aromatic amines is 1. The number of fused-ring (bicyclic) bond motifs is 1. The van der Waals surface area contributed by atoms with E-state index in [0.717, 1.165) is 35.4 Å². The molecule has 2 heterocycles. The number of nitrogens with one attached hydrogen (secondary N) is 2. The van der Waals surface area contributed by atoms with Crippen LogP contribution in [0.1, 0.15) is 5.69 Å². The van der Waals surface area contributed by atoms with Crippen LogP contribution < -0.4 is 10.1 Å². The Labute approximate surface area is 87.6 Å². The second-order valence-electron chi connectivity index (χ2n) is 3.93. The molecule has 2 N–H and O–H groups in total. The zero-order valence-electron chi connectivity index (χ0n) is 8.58. The van der Waals surface area contributed by atoms with Crippen LogP contribution in [-0.2, 0) is 0 Å². The SMILES string of the molecule is Cc1[nH]nc2ccc(OC3CNC3)cc12. The molecule has 2 aromatic rings. The fraction of sp³-hybridized carbons (Fsp3) is 0.364. The van der Waals surface area contributed by atoms with Crippen molar-refractivity contribution in [1.82, 2.24) is 15.5 Å². The number of rotatable bonds is 2. The number of nitrogens with zero attached hydrogens (tertiary/aromatic N) is 1. The van der Waals surface area contributed by atoms with Crippen molar-refractivity contribution in [3.8, 4) is 5.75 Å². The van der Waals surface area contributed by atoms with Crippen molar-refractivity contribution in [2.24, 2.45) is 0 Å². The maximum Gasteiger partial charge on any atom is 0.123 e. The molecule has 1 aromatic carbocycles. The topological polar surface area (TPSA) is 49.9 Å². The minimum Gasteiger partial charge on any atom is -0.488 e. The Morgan fingerprint density at radius 2 is 2.27 bits per heavy atom. The Balaban J connectivity index is 1.93. The summed E-state index contributed by atoms with van der Waals surface area (Å²) in [7, 11) is 0. The highest BCUT2D eigenvalue weighted by Crippen LogP contribution is 2.22. The van der Waals surface area contributed by atoms with Gasteiger partial charge in [0.1, 0.15) is 11.9 Å². The second kappa shape index (κ2) is 3.24. The van der Waals surface area contributed by atoms with Crippen molar-refractivity contribution in [1.29, 1.82) is 0 Å². The Kier molecular flexibility index (Phi) is 1.89. The lowest BCUT2D eigenvalue weighted by molar-refractivity contribution is 0.142. The van der Waals surface area contributed by atoms with E-state index in [0.29, 0.717) is 6.10 Å². The van der Waals surface area contributed by atoms with Gasteiger partial charge in [-0.3, -0.25) is 5.10 Å². The summed E-state index contributed by atoms with van der Waals surface area (Å²) in [6.45, 7) is 3.91. The zero-order valence-corrected chi connectivity index (χ0v) is 8.58. The van der Waals surface area contributed by atoms with Crippen molar-refractivity contribution >= 4 is 10.9 Å². The highest BCUT2D eigenvalue weighted by Gasteiger charge is 2.18. The molecule has 1 aromatic heterocycles. The summed E-state index contributed by atoms with van der Waals surface area (Å²) in [5.74, 6) is 0.929. The molecule has 4 nitrogen and oxygen atoms in total. The molecular formula is C11H13N3O. The van der Waals surface area contributed by atoms with Gasteiger partial charge in [0.2, 0.25) is 0 Å². The molecule has 0 amide bonds. The monoisotopic (exact) mass is 203 g/mol. The normalized spacial score (nSPS) is 16.6. The summed E-state index contributed by atoms with van der Waals surface area (Å²) >= 11 is 0. The van der Waals surface area contributed by atoms with Gasteiger partial charge in [-0.15, -0.1) is 0 Å². The van der Waals surface area contributed by atoms with E-state index in [2.05, 4.69) is 15.5 Å². The van der Waals surface area contributed by atoms with Crippen LogP contribution in [0.25, 0.3) is 10.9 Å². The number of benzene rings is 1. The predicted molar refractivity (Wildman–Crippen MR) is 58.1 cm³/mol. The largest absolute Gasteiger partial charge is 0.488 e. The molecule has 0 bridgehead atoms. The third-order valence-corrected chi connectivity index (χ3v) is 2.76. The molecule has 0 aliphatic carbocycles. The lowest BCUT2D eigenvalue weighted by Crippen LogP contribution is -2.50. The fourth-order valence-electron chi connectivity index (χ4n) is 1.73. The van der Waals surface area contributed by atoms with Crippen LogP contribution in [0.15, 0.2) is 18.2 Å². The highest BCUT2D eigenvalue weighted by atomic mass is 16.5. The number of hydrogen-bond donors (Lipinski definition) is 2. The van der Waals surface area contributed by atoms with Crippen LogP contribution in [0.4, 0.5) is 0 Å². The van der Waals surface area contributed by atoms with Crippen molar-refractivity contribution < 1.29 is 4.74 Å². The minimum atomic E-state index is 0.328. The third-order valence-electron chi connectivity index (χ3n) is 2.76. The molecule has 15 heavy (non-hydrogen) atoms. The minimum absolute atomic E-state index is 0.328. The summed E-state index contributed by atoms with van der Waals surface area (Å²) in [4.78, 5) is 0. The van der Waals surface area contributed by atoms with Crippen molar-refractivity contribution in [2.45, 2.75) is 13.0 Å². The van der Waals surface area contributed by atoms with Gasteiger partial charge in [0.15, 0.2) is 0 Å². The molecule has 3 rings (SSSR count). The van der Waals surface area contributed by atoms with E-state index in [-0.39, 0.29) is 0 Å². The first kappa shape index (κ1) is 8.73. The van der Waals surface area contributed by atoms with Gasteiger partial charge in [-0.05, 0) is 25.1 Å². The number of hydrogen-bond acceptors (Lipinski definition) is 3. The molecular weight excluding hydrogens is 190 g/mol. The molecule has 0 spiro atoms. The molecule has 1 aliphatic heterocycles. The van der Waals surface area contributed by atoms with Gasteiger partial charge in [-0.2, -0.15) is 5.10 Å². The Hall–Kier alpha value is -1.55. The van der Waals surface area contributed by atoms with E-state index in [4.69, 9.17) is 4.74 Å². The number of ether oxygens (including phenoxy) is 1. The standard InChI is InChI=1S/C11H13N3O/c1-7-10-4-8(15-9-5-12-6-9)2-3-11(10)14-13-7/h2-4,9,12H,5-6H2,1H3,(H,13,14). The first-order valence-electron chi connectivity index (χ1n) is 5.15. The molecule has 0 saturated carbocycles. The summed E-state index contributed by atoms with van der Waals surface area (Å²) in [5, 5.41) is 11.5. The molecule has 78 valence electrons. The first-order valence-corrected chi connectivity index (χ1v) is 5.15. The third kappa shape index (κ3) is 1.47. The van der Waals surface area contributed by atoms with E-state index in [1.165, 1.54) is 0 Å². The summed E-state index contributed by atoms with van der Waals surface area (Å²) in [6, 6.07) is 6.01. The van der Waals surface area contributed by atoms with Crippen molar-refractivity contribution in [3.05, 3.63) is 23.9 Å². The molecule has 1 saturated heterocycles. The maximum absolute atomic E-state index is 5.78. The van der Waals surface area contributed by atoms with Crippen LogP contribution in [-0.4, -0.2) is 29.4 Å². The van der Waals surface area contributed by atoms with Crippen LogP contribution in [0.2, 0.25) is 0 Å². The Morgan fingerprint density at radius 1 is 1.40 bits per heavy atom. The van der Waals surface area contributed by atoms with Crippen LogP contribution >= 0.6 is 0 Å². The molecule has 0 atom stereocenters. The lowest BCUT2D eigenvalue weighted by atomic mass is 10.2. The van der Waals surface area contributed by atoms with E-state index < -0.39 is 0 Å². The average molecular weight is 203 g/mol. The van der Waals surface area contributed by atoms with Crippen LogP contribution in [0.5, 0.6) is 5.75 Å². The van der Waals surface area contributed by atoms with E-state index >= 15 is 0 Å². The Bertz CT molecular complexity index is 488. The summed E-state index contributed by atoms with van der Waals surface area (Å²) < 4.78 is 5.78. The molecule has 0 radical (unpaired) electrons. The summed E-state index contributed by atoms with van der Waals surface area (Å²) in [5.41, 5.74) is 2.08. The molecule has 1 fully saturated rings. The average Bonchev–Trinajstić information content (AvgIpc) is 2.55. The van der Waals surface area contributed by atoms with Gasteiger partial charge >= 0.3 is 0 Å². The predicted octanol–water partition coefficient (Wildman–Crippen LogP) is 1.22. The fourth-order valence-corrected chi connectivity index (χ4v) is 1.73. The van der Waals surface area contributed by atoms with E-state index in [1.54, 1.807) is 0 Å². The van der Waals surface area contributed by atoms with E-state index in [9.17, 15) is 0 Å². The highest BCUT2D eigenvalue weighted by molar-refractivity contribution is 5.82. The van der Waals surface area contributed by atoms with Gasteiger partial charge in [0, 0.05) is 24.2 Å². The van der Waals surface area contributed by atoms with Crippen molar-refractivity contribution in [3.63, 3.8) is 0 Å². The maximum atomic E-state index is 5.78. The number of H-pyrrole nitrogens is 1. The van der Waals surface area contributed by atoms with Gasteiger partial charge < -0.3 is 10.1 Å². The van der Waals surface area contributed by atoms with Gasteiger partial charge in [0.25, 0.3) is 0 Å². The quantitative estimate of drug-likeness (QED) is 0.771. The number of aromatic nitrogens is 2. The van der Waals surface area contributed by atoms with Crippen LogP contribution in [0.3, 0.4) is 0 Å². The smallest absolute Gasteiger partial charge is 0.123 e. The molecule has 1 aliphatic rings. The van der Waals surface area contributed by atoms with Crippen molar-refractivity contribution in [2.75, 3.05) is 13.1 Å². The molecule has 4 heteroatoms. The molecule has 0 unspecified atom stereocenters. The summed E-state index contributed by atoms with van der Waals surface area (Å²) in [6.07, 6.45) is 0.328. The Morgan fingerprint density at radius 3 is 3.00 bits per heavy atom. The lowest BCUT2D eigenvalue weighted by Gasteiger charge is -2.27.